The van der Waals surface area contributed by atoms with E-state index in [0.29, 0.717) is 16.3 Å². The van der Waals surface area contributed by atoms with E-state index in [1.807, 2.05) is 18.2 Å². The number of rotatable bonds is 4. The molecule has 3 heterocycles. The molecule has 0 spiro atoms. The summed E-state index contributed by atoms with van der Waals surface area (Å²) in [6.07, 6.45) is 10.2. The van der Waals surface area contributed by atoms with Gasteiger partial charge in [-0.15, -0.1) is 0 Å². The molecule has 174 valence electrons. The number of piperidine rings is 1. The third kappa shape index (κ3) is 3.95. The van der Waals surface area contributed by atoms with Crippen LogP contribution in [0.3, 0.4) is 0 Å². The zero-order valence-electron chi connectivity index (χ0n) is 19.4. The molecular formula is C28H33ClFN3. The predicted molar refractivity (Wildman–Crippen MR) is 134 cm³/mol. The van der Waals surface area contributed by atoms with Crippen LogP contribution in [0.1, 0.15) is 57.6 Å². The normalized spacial score (nSPS) is 27.4. The number of H-pyrrole nitrogens is 1. The third-order valence-electron chi connectivity index (χ3n) is 8.74. The third-order valence-corrected chi connectivity index (χ3v) is 9.02. The molecule has 6 rings (SSSR count). The number of nitrogens with zero attached hydrogens (tertiary/aromatic N) is 2. The van der Waals surface area contributed by atoms with E-state index >= 15 is 4.39 Å². The average Bonchev–Trinajstić information content (AvgIpc) is 3.51. The highest BCUT2D eigenvalue weighted by Gasteiger charge is 2.42. The van der Waals surface area contributed by atoms with Crippen LogP contribution in [-0.4, -0.2) is 23.1 Å². The number of hydrogen-bond acceptors (Lipinski definition) is 2. The Hall–Kier alpha value is -2.07. The number of fused-ring (bicyclic) bond motifs is 2. The molecule has 1 N–H and O–H groups in total. The highest BCUT2D eigenvalue weighted by atomic mass is 35.5. The lowest BCUT2D eigenvalue weighted by Crippen LogP contribution is -2.29. The van der Waals surface area contributed by atoms with Crippen molar-refractivity contribution in [2.24, 2.45) is 23.7 Å². The van der Waals surface area contributed by atoms with Crippen molar-refractivity contribution in [1.29, 1.82) is 0 Å². The summed E-state index contributed by atoms with van der Waals surface area (Å²) in [6, 6.07) is 9.56. The summed E-state index contributed by atoms with van der Waals surface area (Å²) in [6.45, 7) is 4.43. The van der Waals surface area contributed by atoms with Gasteiger partial charge in [0.1, 0.15) is 5.82 Å². The van der Waals surface area contributed by atoms with Gasteiger partial charge in [0.05, 0.1) is 21.7 Å². The Morgan fingerprint density at radius 1 is 1.03 bits per heavy atom. The minimum absolute atomic E-state index is 0.255. The quantitative estimate of drug-likeness (QED) is 0.429. The van der Waals surface area contributed by atoms with Gasteiger partial charge in [-0.2, -0.15) is 0 Å². The fraction of sp³-hybridized carbons (Fsp3) is 0.536. The zero-order valence-corrected chi connectivity index (χ0v) is 20.2. The maximum absolute atomic E-state index is 15.2. The maximum atomic E-state index is 15.2. The number of aromatic amines is 1. The van der Waals surface area contributed by atoms with Crippen LogP contribution in [0.25, 0.3) is 22.3 Å². The molecule has 1 aliphatic heterocycles. The van der Waals surface area contributed by atoms with Crippen LogP contribution in [0.5, 0.6) is 0 Å². The first-order chi connectivity index (χ1) is 16.1. The molecule has 3 aliphatic rings. The summed E-state index contributed by atoms with van der Waals surface area (Å²) in [5.74, 6) is 3.21. The van der Waals surface area contributed by atoms with Gasteiger partial charge in [-0.05, 0) is 98.9 Å². The number of anilines is 1. The lowest BCUT2D eigenvalue weighted by Gasteiger charge is -2.29. The van der Waals surface area contributed by atoms with Gasteiger partial charge < -0.3 is 9.88 Å². The minimum atomic E-state index is -0.255. The Morgan fingerprint density at radius 2 is 1.85 bits per heavy atom. The van der Waals surface area contributed by atoms with E-state index in [9.17, 15) is 0 Å². The SMILES string of the molecule is CC1CCC2C(Cc3cc4nc(-c5ccc(N6CCCCC6)cc5F)c(Cl)cc4[nH]3)CCC12. The lowest BCUT2D eigenvalue weighted by atomic mass is 9.87. The molecule has 1 aromatic carbocycles. The topological polar surface area (TPSA) is 31.9 Å². The molecule has 2 saturated carbocycles. The summed E-state index contributed by atoms with van der Waals surface area (Å²) < 4.78 is 15.2. The Bertz CT molecular complexity index is 1170. The van der Waals surface area contributed by atoms with Crippen LogP contribution < -0.4 is 4.90 Å². The van der Waals surface area contributed by atoms with Crippen molar-refractivity contribution in [1.82, 2.24) is 9.97 Å². The summed E-state index contributed by atoms with van der Waals surface area (Å²) in [4.78, 5) is 10.6. The van der Waals surface area contributed by atoms with E-state index in [-0.39, 0.29) is 5.82 Å². The summed E-state index contributed by atoms with van der Waals surface area (Å²) in [5, 5.41) is 0.492. The highest BCUT2D eigenvalue weighted by Crippen LogP contribution is 2.51. The molecule has 4 unspecified atom stereocenters. The van der Waals surface area contributed by atoms with E-state index in [1.165, 1.54) is 50.6 Å². The molecule has 2 aromatic heterocycles. The van der Waals surface area contributed by atoms with Gasteiger partial charge in [0.15, 0.2) is 0 Å². The maximum Gasteiger partial charge on any atom is 0.134 e. The lowest BCUT2D eigenvalue weighted by molar-refractivity contribution is 0.322. The van der Waals surface area contributed by atoms with Crippen LogP contribution in [0.2, 0.25) is 5.02 Å². The average molecular weight is 466 g/mol. The fourth-order valence-electron chi connectivity index (χ4n) is 6.98. The Morgan fingerprint density at radius 3 is 2.67 bits per heavy atom. The number of aromatic nitrogens is 2. The van der Waals surface area contributed by atoms with Crippen molar-refractivity contribution in [3.63, 3.8) is 0 Å². The first kappa shape index (κ1) is 21.5. The Balaban J connectivity index is 1.26. The molecule has 0 bridgehead atoms. The van der Waals surface area contributed by atoms with E-state index < -0.39 is 0 Å². The molecular weight excluding hydrogens is 433 g/mol. The second kappa shape index (κ2) is 8.61. The monoisotopic (exact) mass is 465 g/mol. The van der Waals surface area contributed by atoms with Gasteiger partial charge in [-0.25, -0.2) is 9.37 Å². The first-order valence-corrected chi connectivity index (χ1v) is 13.2. The Kier molecular flexibility index (Phi) is 5.60. The molecule has 3 fully saturated rings. The van der Waals surface area contributed by atoms with Gasteiger partial charge in [0, 0.05) is 30.0 Å². The van der Waals surface area contributed by atoms with Gasteiger partial charge in [-0.1, -0.05) is 24.9 Å². The smallest absolute Gasteiger partial charge is 0.134 e. The van der Waals surface area contributed by atoms with Crippen LogP contribution >= 0.6 is 11.6 Å². The van der Waals surface area contributed by atoms with Crippen molar-refractivity contribution >= 4 is 28.3 Å². The van der Waals surface area contributed by atoms with E-state index in [2.05, 4.69) is 22.9 Å². The van der Waals surface area contributed by atoms with Crippen molar-refractivity contribution < 1.29 is 4.39 Å². The number of halogens is 2. The first-order valence-electron chi connectivity index (χ1n) is 12.8. The second-order valence-corrected chi connectivity index (χ2v) is 11.1. The van der Waals surface area contributed by atoms with Crippen LogP contribution in [0.15, 0.2) is 30.3 Å². The van der Waals surface area contributed by atoms with E-state index in [4.69, 9.17) is 16.6 Å². The molecule has 0 amide bonds. The number of hydrogen-bond donors (Lipinski definition) is 1. The number of nitrogens with one attached hydrogen (secondary N) is 1. The predicted octanol–water partition coefficient (Wildman–Crippen LogP) is 7.63. The molecule has 0 radical (unpaired) electrons. The molecule has 3 aromatic rings. The zero-order chi connectivity index (χ0) is 22.5. The van der Waals surface area contributed by atoms with Crippen molar-refractivity contribution in [2.45, 2.75) is 58.3 Å². The van der Waals surface area contributed by atoms with E-state index in [1.54, 1.807) is 6.07 Å². The van der Waals surface area contributed by atoms with Crippen LogP contribution in [0.4, 0.5) is 10.1 Å². The minimum Gasteiger partial charge on any atom is -0.371 e. The Labute approximate surface area is 200 Å². The largest absolute Gasteiger partial charge is 0.371 e. The van der Waals surface area contributed by atoms with Crippen LogP contribution in [0, 0.1) is 29.5 Å². The van der Waals surface area contributed by atoms with Gasteiger partial charge in [-0.3, -0.25) is 0 Å². The fourth-order valence-corrected chi connectivity index (χ4v) is 7.23. The second-order valence-electron chi connectivity index (χ2n) is 10.7. The molecule has 2 aliphatic carbocycles. The standard InChI is InChI=1S/C28H33ClFN3/c1-17-5-8-22-18(6-9-21(17)22)13-19-14-26-27(31-19)16-24(29)28(32-26)23-10-7-20(15-25(23)30)33-11-3-2-4-12-33/h7,10,14-18,21-22,31H,2-6,8-9,11-13H2,1H3. The number of benzene rings is 1. The molecule has 5 heteroatoms. The molecule has 4 atom stereocenters. The van der Waals surface area contributed by atoms with E-state index in [0.717, 1.165) is 59.9 Å². The van der Waals surface area contributed by atoms with Gasteiger partial charge >= 0.3 is 0 Å². The van der Waals surface area contributed by atoms with Crippen molar-refractivity contribution in [3.05, 3.63) is 46.9 Å². The van der Waals surface area contributed by atoms with Gasteiger partial charge in [0.25, 0.3) is 0 Å². The summed E-state index contributed by atoms with van der Waals surface area (Å²) >= 11 is 6.61. The van der Waals surface area contributed by atoms with Gasteiger partial charge in [0.2, 0.25) is 0 Å². The summed E-state index contributed by atoms with van der Waals surface area (Å²) in [7, 11) is 0. The molecule has 1 saturated heterocycles. The van der Waals surface area contributed by atoms with Crippen molar-refractivity contribution in [2.75, 3.05) is 18.0 Å². The highest BCUT2D eigenvalue weighted by molar-refractivity contribution is 6.33. The number of pyridine rings is 1. The van der Waals surface area contributed by atoms with Crippen molar-refractivity contribution in [3.8, 4) is 11.3 Å². The molecule has 33 heavy (non-hydrogen) atoms. The molecule has 3 nitrogen and oxygen atoms in total. The summed E-state index contributed by atoms with van der Waals surface area (Å²) in [5.41, 5.74) is 5.01. The van der Waals surface area contributed by atoms with Crippen LogP contribution in [-0.2, 0) is 6.42 Å².